The average Bonchev–Trinajstić information content (AvgIpc) is 1.88. The number of nitrogens with two attached hydrogens (primary N) is 1. The topological polar surface area (TPSA) is 26.0 Å². The van der Waals surface area contributed by atoms with Crippen LogP contribution in [0, 0.1) is 3.57 Å². The van der Waals surface area contributed by atoms with E-state index in [1.54, 1.807) is 0 Å². The van der Waals surface area contributed by atoms with Crippen molar-refractivity contribution in [2.75, 3.05) is 0 Å². The van der Waals surface area contributed by atoms with E-state index >= 15 is 0 Å². The standard InChI is InChI=1S/C7H7BrIN.ClH/c8-6-2-1-3-7(9)5(6)4-10;/h1-3H,4,10H2;1H. The molecule has 0 aliphatic heterocycles. The third-order valence-electron chi connectivity index (χ3n) is 1.27. The molecule has 1 aromatic carbocycles. The van der Waals surface area contributed by atoms with Gasteiger partial charge in [0, 0.05) is 14.6 Å². The van der Waals surface area contributed by atoms with E-state index in [0.717, 1.165) is 4.47 Å². The molecule has 11 heavy (non-hydrogen) atoms. The van der Waals surface area contributed by atoms with Crippen LogP contribution in [0.4, 0.5) is 0 Å². The van der Waals surface area contributed by atoms with Crippen molar-refractivity contribution in [1.82, 2.24) is 0 Å². The van der Waals surface area contributed by atoms with Crippen molar-refractivity contribution in [3.63, 3.8) is 0 Å². The molecular weight excluding hydrogens is 340 g/mol. The Morgan fingerprint density at radius 2 is 2.09 bits per heavy atom. The highest BCUT2D eigenvalue weighted by atomic mass is 127. The second-order valence-electron chi connectivity index (χ2n) is 1.90. The molecule has 1 aromatic rings. The number of hydrogen-bond donors (Lipinski definition) is 1. The van der Waals surface area contributed by atoms with Crippen LogP contribution in [-0.2, 0) is 6.54 Å². The lowest BCUT2D eigenvalue weighted by Gasteiger charge is -2.02. The van der Waals surface area contributed by atoms with Crippen LogP contribution in [0.1, 0.15) is 5.56 Å². The molecular formula is C7H8BrClIN. The summed E-state index contributed by atoms with van der Waals surface area (Å²) in [6.45, 7) is 0.597. The molecule has 0 aromatic heterocycles. The van der Waals surface area contributed by atoms with Gasteiger partial charge in [-0.25, -0.2) is 0 Å². The van der Waals surface area contributed by atoms with Gasteiger partial charge in [-0.3, -0.25) is 0 Å². The number of benzene rings is 1. The Labute approximate surface area is 94.4 Å². The lowest BCUT2D eigenvalue weighted by molar-refractivity contribution is 1.05. The maximum atomic E-state index is 5.52. The Kier molecular flexibility index (Phi) is 5.68. The molecule has 0 heterocycles. The monoisotopic (exact) mass is 347 g/mol. The van der Waals surface area contributed by atoms with Crippen molar-refractivity contribution in [2.24, 2.45) is 5.73 Å². The van der Waals surface area contributed by atoms with E-state index in [-0.39, 0.29) is 12.4 Å². The highest BCUT2D eigenvalue weighted by molar-refractivity contribution is 14.1. The van der Waals surface area contributed by atoms with E-state index in [2.05, 4.69) is 38.5 Å². The molecule has 0 atom stereocenters. The van der Waals surface area contributed by atoms with Crippen molar-refractivity contribution in [2.45, 2.75) is 6.54 Å². The maximum Gasteiger partial charge on any atom is 0.0230 e. The Morgan fingerprint density at radius 3 is 2.45 bits per heavy atom. The van der Waals surface area contributed by atoms with Gasteiger partial charge in [-0.2, -0.15) is 0 Å². The fraction of sp³-hybridized carbons (Fsp3) is 0.143. The molecule has 0 unspecified atom stereocenters. The van der Waals surface area contributed by atoms with Crippen LogP contribution in [0.5, 0.6) is 0 Å². The Morgan fingerprint density at radius 1 is 1.45 bits per heavy atom. The van der Waals surface area contributed by atoms with Gasteiger partial charge >= 0.3 is 0 Å². The van der Waals surface area contributed by atoms with E-state index in [0.29, 0.717) is 6.54 Å². The normalized spacial score (nSPS) is 9.00. The molecule has 0 saturated heterocycles. The summed E-state index contributed by atoms with van der Waals surface area (Å²) in [6, 6.07) is 6.06. The first kappa shape index (κ1) is 11.7. The van der Waals surface area contributed by atoms with Crippen LogP contribution >= 0.6 is 50.9 Å². The van der Waals surface area contributed by atoms with Crippen molar-refractivity contribution in [3.8, 4) is 0 Å². The molecule has 0 fully saturated rings. The van der Waals surface area contributed by atoms with Crippen molar-refractivity contribution >= 4 is 50.9 Å². The highest BCUT2D eigenvalue weighted by Gasteiger charge is 1.99. The van der Waals surface area contributed by atoms with Crippen LogP contribution in [0.2, 0.25) is 0 Å². The van der Waals surface area contributed by atoms with E-state index in [1.165, 1.54) is 9.13 Å². The van der Waals surface area contributed by atoms with Crippen molar-refractivity contribution in [3.05, 3.63) is 31.8 Å². The van der Waals surface area contributed by atoms with Gasteiger partial charge in [-0.05, 0) is 40.3 Å². The molecule has 0 aliphatic rings. The van der Waals surface area contributed by atoms with Gasteiger partial charge in [0.2, 0.25) is 0 Å². The minimum Gasteiger partial charge on any atom is -0.326 e. The minimum absolute atomic E-state index is 0. The third kappa shape index (κ3) is 2.89. The molecule has 0 aliphatic carbocycles. The average molecular weight is 348 g/mol. The molecule has 4 heteroatoms. The summed E-state index contributed by atoms with van der Waals surface area (Å²) in [5, 5.41) is 0. The van der Waals surface area contributed by atoms with Crippen molar-refractivity contribution in [1.29, 1.82) is 0 Å². The lowest BCUT2D eigenvalue weighted by atomic mass is 10.2. The first-order chi connectivity index (χ1) is 4.75. The fourth-order valence-electron chi connectivity index (χ4n) is 0.727. The molecule has 0 radical (unpaired) electrons. The SMILES string of the molecule is Cl.NCc1c(Br)cccc1I. The van der Waals surface area contributed by atoms with E-state index < -0.39 is 0 Å². The number of halogens is 3. The van der Waals surface area contributed by atoms with Crippen molar-refractivity contribution < 1.29 is 0 Å². The predicted octanol–water partition coefficient (Wildman–Crippen LogP) is 2.93. The van der Waals surface area contributed by atoms with Gasteiger partial charge in [0.25, 0.3) is 0 Å². The Hall–Kier alpha value is 0.680. The summed E-state index contributed by atoms with van der Waals surface area (Å²) in [5.41, 5.74) is 6.70. The zero-order chi connectivity index (χ0) is 7.56. The summed E-state index contributed by atoms with van der Waals surface area (Å²) >= 11 is 5.70. The summed E-state index contributed by atoms with van der Waals surface area (Å²) in [7, 11) is 0. The maximum absolute atomic E-state index is 5.52. The van der Waals surface area contributed by atoms with E-state index in [9.17, 15) is 0 Å². The lowest BCUT2D eigenvalue weighted by Crippen LogP contribution is -1.99. The summed E-state index contributed by atoms with van der Waals surface area (Å²) < 4.78 is 2.32. The summed E-state index contributed by atoms with van der Waals surface area (Å²) in [4.78, 5) is 0. The Bertz CT molecular complexity index is 222. The summed E-state index contributed by atoms with van der Waals surface area (Å²) in [6.07, 6.45) is 0. The van der Waals surface area contributed by atoms with Gasteiger partial charge in [-0.15, -0.1) is 12.4 Å². The molecule has 1 nitrogen and oxygen atoms in total. The molecule has 1 rings (SSSR count). The molecule has 0 saturated carbocycles. The van der Waals surface area contributed by atoms with Gasteiger partial charge in [0.05, 0.1) is 0 Å². The van der Waals surface area contributed by atoms with Crippen LogP contribution in [0.25, 0.3) is 0 Å². The molecule has 2 N–H and O–H groups in total. The van der Waals surface area contributed by atoms with Crippen LogP contribution in [0.15, 0.2) is 22.7 Å². The Balaban J connectivity index is 0.000001000. The number of hydrogen-bond acceptors (Lipinski definition) is 1. The molecule has 0 bridgehead atoms. The van der Waals surface area contributed by atoms with E-state index in [4.69, 9.17) is 5.73 Å². The number of rotatable bonds is 1. The first-order valence-electron chi connectivity index (χ1n) is 2.88. The zero-order valence-electron chi connectivity index (χ0n) is 5.68. The molecule has 0 spiro atoms. The smallest absolute Gasteiger partial charge is 0.0230 e. The third-order valence-corrected chi connectivity index (χ3v) is 3.02. The second-order valence-corrected chi connectivity index (χ2v) is 3.92. The van der Waals surface area contributed by atoms with Crippen LogP contribution in [-0.4, -0.2) is 0 Å². The molecule has 0 amide bonds. The quantitative estimate of drug-likeness (QED) is 0.776. The van der Waals surface area contributed by atoms with E-state index in [1.807, 2.05) is 18.2 Å². The van der Waals surface area contributed by atoms with Gasteiger partial charge < -0.3 is 5.73 Å². The minimum atomic E-state index is 0. The fourth-order valence-corrected chi connectivity index (χ4v) is 2.34. The first-order valence-corrected chi connectivity index (χ1v) is 4.76. The largest absolute Gasteiger partial charge is 0.326 e. The van der Waals surface area contributed by atoms with Gasteiger partial charge in [0.15, 0.2) is 0 Å². The van der Waals surface area contributed by atoms with Gasteiger partial charge in [-0.1, -0.05) is 22.0 Å². The van der Waals surface area contributed by atoms with Gasteiger partial charge in [0.1, 0.15) is 0 Å². The second kappa shape index (κ2) is 5.35. The predicted molar refractivity (Wildman–Crippen MR) is 62.0 cm³/mol. The highest BCUT2D eigenvalue weighted by Crippen LogP contribution is 2.20. The summed E-state index contributed by atoms with van der Waals surface area (Å²) in [5.74, 6) is 0. The zero-order valence-corrected chi connectivity index (χ0v) is 10.2. The van der Waals surface area contributed by atoms with Crippen LogP contribution < -0.4 is 5.73 Å². The molecule has 62 valence electrons. The van der Waals surface area contributed by atoms with Crippen LogP contribution in [0.3, 0.4) is 0 Å².